The van der Waals surface area contributed by atoms with Crippen molar-refractivity contribution in [2.24, 2.45) is 5.92 Å². The number of halogens is 2. The van der Waals surface area contributed by atoms with E-state index in [1.165, 1.54) is 12.1 Å². The van der Waals surface area contributed by atoms with Crippen molar-refractivity contribution >= 4 is 5.78 Å². The molecule has 1 aromatic carbocycles. The number of carbonyl (C=O) groups excluding carboxylic acids is 1. The van der Waals surface area contributed by atoms with Gasteiger partial charge in [0.25, 0.3) is 0 Å². The molecule has 0 heterocycles. The zero-order valence-electron chi connectivity index (χ0n) is 10.5. The maximum Gasteiger partial charge on any atom is 0.136 e. The third-order valence-electron chi connectivity index (χ3n) is 3.07. The van der Waals surface area contributed by atoms with Crippen LogP contribution in [0.3, 0.4) is 0 Å². The summed E-state index contributed by atoms with van der Waals surface area (Å²) in [6.45, 7) is 5.40. The Morgan fingerprint density at radius 3 is 2.29 bits per heavy atom. The van der Waals surface area contributed by atoms with Gasteiger partial charge in [0.05, 0.1) is 0 Å². The normalized spacial score (nSPS) is 12.5. The molecule has 1 atom stereocenters. The van der Waals surface area contributed by atoms with E-state index in [1.54, 1.807) is 6.92 Å². The van der Waals surface area contributed by atoms with E-state index in [9.17, 15) is 13.6 Å². The molecule has 0 aromatic heterocycles. The number of ketones is 1. The molecule has 1 aromatic rings. The topological polar surface area (TPSA) is 17.1 Å². The van der Waals surface area contributed by atoms with Crippen molar-refractivity contribution in [3.8, 4) is 0 Å². The van der Waals surface area contributed by atoms with E-state index < -0.39 is 11.6 Å². The average Bonchev–Trinajstić information content (AvgIpc) is 2.26. The van der Waals surface area contributed by atoms with Crippen molar-refractivity contribution in [1.82, 2.24) is 0 Å². The van der Waals surface area contributed by atoms with Crippen LogP contribution in [0.4, 0.5) is 8.78 Å². The van der Waals surface area contributed by atoms with Gasteiger partial charge in [-0.3, -0.25) is 4.79 Å². The number of aryl methyl sites for hydroxylation is 1. The fraction of sp³-hybridized carbons (Fsp3) is 0.500. The minimum absolute atomic E-state index is 0.0206. The van der Waals surface area contributed by atoms with Crippen LogP contribution in [-0.4, -0.2) is 5.78 Å². The molecule has 0 aliphatic heterocycles. The molecule has 1 nitrogen and oxygen atoms in total. The minimum Gasteiger partial charge on any atom is -0.299 e. The lowest BCUT2D eigenvalue weighted by Crippen LogP contribution is -2.11. The van der Waals surface area contributed by atoms with E-state index in [2.05, 4.69) is 0 Å². The molecule has 0 saturated carbocycles. The predicted octanol–water partition coefficient (Wildman–Crippen LogP) is 3.82. The molecule has 17 heavy (non-hydrogen) atoms. The highest BCUT2D eigenvalue weighted by atomic mass is 19.1. The largest absolute Gasteiger partial charge is 0.299 e. The van der Waals surface area contributed by atoms with Crippen LogP contribution in [0, 0.1) is 24.5 Å². The molecule has 0 spiro atoms. The summed E-state index contributed by atoms with van der Waals surface area (Å²) >= 11 is 0. The molecule has 3 heteroatoms. The summed E-state index contributed by atoms with van der Waals surface area (Å²) in [7, 11) is 0. The van der Waals surface area contributed by atoms with Gasteiger partial charge in [0.2, 0.25) is 0 Å². The second-order valence-corrected chi connectivity index (χ2v) is 4.48. The summed E-state index contributed by atoms with van der Waals surface area (Å²) < 4.78 is 27.0. The Morgan fingerprint density at radius 2 is 1.82 bits per heavy atom. The molecule has 1 rings (SSSR count). The number of carbonyl (C=O) groups is 1. The van der Waals surface area contributed by atoms with Gasteiger partial charge >= 0.3 is 0 Å². The van der Waals surface area contributed by atoms with Gasteiger partial charge < -0.3 is 0 Å². The maximum absolute atomic E-state index is 13.5. The fourth-order valence-electron chi connectivity index (χ4n) is 1.69. The Labute approximate surface area is 101 Å². The summed E-state index contributed by atoms with van der Waals surface area (Å²) in [5.74, 6) is -1.09. The summed E-state index contributed by atoms with van der Waals surface area (Å²) in [5.41, 5.74) is 0.573. The monoisotopic (exact) mass is 240 g/mol. The van der Waals surface area contributed by atoms with E-state index in [0.717, 1.165) is 6.42 Å². The quantitative estimate of drug-likeness (QED) is 0.764. The summed E-state index contributed by atoms with van der Waals surface area (Å²) in [5, 5.41) is 0. The van der Waals surface area contributed by atoms with Gasteiger partial charge in [-0.25, -0.2) is 8.78 Å². The van der Waals surface area contributed by atoms with Crippen LogP contribution in [0.25, 0.3) is 0 Å². The number of hydrogen-bond donors (Lipinski definition) is 0. The second-order valence-electron chi connectivity index (χ2n) is 4.48. The van der Waals surface area contributed by atoms with Gasteiger partial charge in [0.15, 0.2) is 0 Å². The molecule has 0 aliphatic carbocycles. The second kappa shape index (κ2) is 5.89. The van der Waals surface area contributed by atoms with Crippen molar-refractivity contribution in [2.75, 3.05) is 0 Å². The first kappa shape index (κ1) is 13.8. The van der Waals surface area contributed by atoms with E-state index in [1.807, 2.05) is 13.8 Å². The average molecular weight is 240 g/mol. The lowest BCUT2D eigenvalue weighted by Gasteiger charge is -2.09. The highest BCUT2D eigenvalue weighted by Gasteiger charge is 2.14. The third-order valence-corrected chi connectivity index (χ3v) is 3.07. The van der Waals surface area contributed by atoms with Gasteiger partial charge in [0, 0.05) is 17.9 Å². The Hall–Kier alpha value is -1.25. The Morgan fingerprint density at radius 1 is 1.29 bits per heavy atom. The van der Waals surface area contributed by atoms with Crippen molar-refractivity contribution < 1.29 is 13.6 Å². The predicted molar refractivity (Wildman–Crippen MR) is 63.9 cm³/mol. The molecule has 0 bridgehead atoms. The maximum atomic E-state index is 13.5. The van der Waals surface area contributed by atoms with E-state index in [0.29, 0.717) is 5.56 Å². The molecule has 1 unspecified atom stereocenters. The lowest BCUT2D eigenvalue weighted by atomic mass is 9.97. The third kappa shape index (κ3) is 3.62. The van der Waals surface area contributed by atoms with Crippen molar-refractivity contribution in [1.29, 1.82) is 0 Å². The fourth-order valence-corrected chi connectivity index (χ4v) is 1.69. The van der Waals surface area contributed by atoms with Crippen molar-refractivity contribution in [3.63, 3.8) is 0 Å². The van der Waals surface area contributed by atoms with Gasteiger partial charge in [0.1, 0.15) is 17.4 Å². The first-order chi connectivity index (χ1) is 7.95. The SMILES string of the molecule is CCC(C)C(=O)CCc1c(F)cc(C)cc1F. The number of hydrogen-bond acceptors (Lipinski definition) is 1. The zero-order chi connectivity index (χ0) is 13.0. The summed E-state index contributed by atoms with van der Waals surface area (Å²) in [4.78, 5) is 11.6. The van der Waals surface area contributed by atoms with Crippen LogP contribution in [0.5, 0.6) is 0 Å². The lowest BCUT2D eigenvalue weighted by molar-refractivity contribution is -0.122. The van der Waals surface area contributed by atoms with Gasteiger partial charge in [-0.15, -0.1) is 0 Å². The number of benzene rings is 1. The van der Waals surface area contributed by atoms with Gasteiger partial charge in [-0.2, -0.15) is 0 Å². The van der Waals surface area contributed by atoms with Crippen LogP contribution in [0.2, 0.25) is 0 Å². The van der Waals surface area contributed by atoms with E-state index >= 15 is 0 Å². The summed E-state index contributed by atoms with van der Waals surface area (Å²) in [6.07, 6.45) is 1.10. The number of Topliss-reactive ketones (excluding diaryl/α,β-unsaturated/α-hetero) is 1. The van der Waals surface area contributed by atoms with Crippen LogP contribution in [0.1, 0.15) is 37.8 Å². The molecule has 94 valence electrons. The standard InChI is InChI=1S/C14H18F2O/c1-4-10(3)14(17)6-5-11-12(15)7-9(2)8-13(11)16/h7-8,10H,4-6H2,1-3H3. The molecule has 0 fully saturated rings. The highest BCUT2D eigenvalue weighted by Crippen LogP contribution is 2.18. The Balaban J connectivity index is 2.73. The van der Waals surface area contributed by atoms with E-state index in [4.69, 9.17) is 0 Å². The van der Waals surface area contributed by atoms with E-state index in [-0.39, 0.29) is 30.1 Å². The smallest absolute Gasteiger partial charge is 0.136 e. The Kier molecular flexibility index (Phi) is 4.79. The van der Waals surface area contributed by atoms with Crippen LogP contribution >= 0.6 is 0 Å². The van der Waals surface area contributed by atoms with Crippen LogP contribution < -0.4 is 0 Å². The highest BCUT2D eigenvalue weighted by molar-refractivity contribution is 5.80. The molecular weight excluding hydrogens is 222 g/mol. The van der Waals surface area contributed by atoms with Crippen molar-refractivity contribution in [2.45, 2.75) is 40.0 Å². The summed E-state index contributed by atoms with van der Waals surface area (Å²) in [6, 6.07) is 2.60. The van der Waals surface area contributed by atoms with Crippen LogP contribution in [0.15, 0.2) is 12.1 Å². The minimum atomic E-state index is -0.556. The molecule has 0 radical (unpaired) electrons. The molecular formula is C14H18F2O. The van der Waals surface area contributed by atoms with Gasteiger partial charge in [-0.1, -0.05) is 13.8 Å². The molecule has 0 saturated heterocycles. The Bertz CT molecular complexity index is 390. The molecule has 0 N–H and O–H groups in total. The molecule has 0 amide bonds. The van der Waals surface area contributed by atoms with Crippen molar-refractivity contribution in [3.05, 3.63) is 34.9 Å². The zero-order valence-corrected chi connectivity index (χ0v) is 10.5. The first-order valence-electron chi connectivity index (χ1n) is 5.93. The first-order valence-corrected chi connectivity index (χ1v) is 5.93. The molecule has 0 aliphatic rings. The number of rotatable bonds is 5. The van der Waals surface area contributed by atoms with Crippen LogP contribution in [-0.2, 0) is 11.2 Å². The van der Waals surface area contributed by atoms with Gasteiger partial charge in [-0.05, 0) is 37.5 Å².